The molecule has 0 spiro atoms. The van der Waals surface area contributed by atoms with Gasteiger partial charge in [0.05, 0.1) is 18.8 Å². The molecule has 2 N–H and O–H groups in total. The molecule has 2 rings (SSSR count). The number of morpholine rings is 1. The third kappa shape index (κ3) is 2.62. The fourth-order valence-electron chi connectivity index (χ4n) is 1.46. The van der Waals surface area contributed by atoms with Crippen LogP contribution in [0.3, 0.4) is 0 Å². The molecule has 16 heavy (non-hydrogen) atoms. The van der Waals surface area contributed by atoms with Crippen molar-refractivity contribution in [3.05, 3.63) is 11.2 Å². The van der Waals surface area contributed by atoms with E-state index in [0.29, 0.717) is 32.3 Å². The molecule has 0 aromatic carbocycles. The number of hydrogen-bond acceptors (Lipinski definition) is 6. The van der Waals surface area contributed by atoms with Gasteiger partial charge in [0, 0.05) is 13.1 Å². The lowest BCUT2D eigenvalue weighted by molar-refractivity contribution is 0.122. The van der Waals surface area contributed by atoms with Crippen LogP contribution in [0.15, 0.2) is 6.07 Å². The fourth-order valence-corrected chi connectivity index (χ4v) is 1.65. The molecule has 0 amide bonds. The summed E-state index contributed by atoms with van der Waals surface area (Å²) in [5, 5.41) is 18.3. The van der Waals surface area contributed by atoms with E-state index < -0.39 is 7.12 Å². The molecule has 0 atom stereocenters. The van der Waals surface area contributed by atoms with Crippen molar-refractivity contribution in [1.29, 1.82) is 0 Å². The van der Waals surface area contributed by atoms with E-state index >= 15 is 0 Å². The zero-order chi connectivity index (χ0) is 11.5. The SMILES string of the molecule is OB(O)c1cc(Cl)nc(N2CCOCC2)n1. The van der Waals surface area contributed by atoms with Crippen LogP contribution in [0.25, 0.3) is 0 Å². The van der Waals surface area contributed by atoms with Gasteiger partial charge in [0.25, 0.3) is 0 Å². The second-order valence-electron chi connectivity index (χ2n) is 3.39. The number of nitrogens with zero attached hydrogens (tertiary/aromatic N) is 3. The molecular weight excluding hydrogens is 232 g/mol. The van der Waals surface area contributed by atoms with Crippen LogP contribution in [0.2, 0.25) is 5.15 Å². The Morgan fingerprint density at radius 1 is 1.31 bits per heavy atom. The van der Waals surface area contributed by atoms with Crippen molar-refractivity contribution in [3.63, 3.8) is 0 Å². The van der Waals surface area contributed by atoms with Gasteiger partial charge in [0.2, 0.25) is 5.95 Å². The van der Waals surface area contributed by atoms with Crippen molar-refractivity contribution in [3.8, 4) is 0 Å². The van der Waals surface area contributed by atoms with Gasteiger partial charge in [0.1, 0.15) is 5.15 Å². The first-order valence-corrected chi connectivity index (χ1v) is 5.28. The van der Waals surface area contributed by atoms with Gasteiger partial charge in [-0.3, -0.25) is 0 Å². The van der Waals surface area contributed by atoms with Gasteiger partial charge in [-0.15, -0.1) is 0 Å². The molecule has 8 heteroatoms. The van der Waals surface area contributed by atoms with Crippen molar-refractivity contribution in [2.75, 3.05) is 31.2 Å². The van der Waals surface area contributed by atoms with Crippen LogP contribution in [0.4, 0.5) is 5.95 Å². The van der Waals surface area contributed by atoms with Crippen LogP contribution in [-0.2, 0) is 4.74 Å². The summed E-state index contributed by atoms with van der Waals surface area (Å²) >= 11 is 5.78. The zero-order valence-corrected chi connectivity index (χ0v) is 9.26. The number of halogens is 1. The minimum absolute atomic E-state index is 0.0986. The normalized spacial score (nSPS) is 16.3. The highest BCUT2D eigenvalue weighted by atomic mass is 35.5. The van der Waals surface area contributed by atoms with E-state index in [1.54, 1.807) is 0 Å². The predicted molar refractivity (Wildman–Crippen MR) is 59.9 cm³/mol. The van der Waals surface area contributed by atoms with Gasteiger partial charge in [0.15, 0.2) is 0 Å². The highest BCUT2D eigenvalue weighted by Gasteiger charge is 2.19. The van der Waals surface area contributed by atoms with Crippen LogP contribution in [0, 0.1) is 0 Å². The number of rotatable bonds is 2. The lowest BCUT2D eigenvalue weighted by atomic mass is 9.86. The van der Waals surface area contributed by atoms with Crippen LogP contribution < -0.4 is 10.5 Å². The molecule has 2 heterocycles. The second kappa shape index (κ2) is 4.96. The van der Waals surface area contributed by atoms with E-state index in [1.165, 1.54) is 6.07 Å². The third-order valence-electron chi connectivity index (χ3n) is 2.26. The highest BCUT2D eigenvalue weighted by molar-refractivity contribution is 6.57. The number of aromatic nitrogens is 2. The summed E-state index contributed by atoms with van der Waals surface area (Å²) in [5.74, 6) is 0.402. The third-order valence-corrected chi connectivity index (χ3v) is 2.45. The first-order chi connectivity index (χ1) is 7.66. The summed E-state index contributed by atoms with van der Waals surface area (Å²) in [6.45, 7) is 2.54. The molecule has 1 aliphatic rings. The highest BCUT2D eigenvalue weighted by Crippen LogP contribution is 2.11. The molecule has 0 bridgehead atoms. The Morgan fingerprint density at radius 2 is 2.00 bits per heavy atom. The predicted octanol–water partition coefficient (Wildman–Crippen LogP) is -1.35. The number of ether oxygens (including phenoxy) is 1. The van der Waals surface area contributed by atoms with E-state index in [9.17, 15) is 0 Å². The topological polar surface area (TPSA) is 78.7 Å². The summed E-state index contributed by atoms with van der Waals surface area (Å²) < 4.78 is 5.20. The maximum Gasteiger partial charge on any atom is 0.508 e. The summed E-state index contributed by atoms with van der Waals surface area (Å²) in [6.07, 6.45) is 0. The van der Waals surface area contributed by atoms with Gasteiger partial charge in [-0.05, 0) is 6.07 Å². The van der Waals surface area contributed by atoms with Crippen LogP contribution in [-0.4, -0.2) is 53.4 Å². The smallest absolute Gasteiger partial charge is 0.422 e. The molecule has 1 aromatic heterocycles. The zero-order valence-electron chi connectivity index (χ0n) is 8.51. The van der Waals surface area contributed by atoms with Crippen LogP contribution >= 0.6 is 11.6 Å². The monoisotopic (exact) mass is 243 g/mol. The van der Waals surface area contributed by atoms with E-state index in [0.717, 1.165) is 0 Å². The fraction of sp³-hybridized carbons (Fsp3) is 0.500. The van der Waals surface area contributed by atoms with E-state index in [2.05, 4.69) is 9.97 Å². The Kier molecular flexibility index (Phi) is 3.60. The maximum atomic E-state index is 9.03. The molecule has 1 aliphatic heterocycles. The molecule has 86 valence electrons. The summed E-state index contributed by atoms with van der Waals surface area (Å²) in [4.78, 5) is 9.96. The van der Waals surface area contributed by atoms with E-state index in [1.807, 2.05) is 4.90 Å². The average molecular weight is 243 g/mol. The van der Waals surface area contributed by atoms with Crippen LogP contribution in [0.5, 0.6) is 0 Å². The van der Waals surface area contributed by atoms with Crippen molar-refractivity contribution in [2.24, 2.45) is 0 Å². The minimum atomic E-state index is -1.64. The molecule has 0 unspecified atom stereocenters. The van der Waals surface area contributed by atoms with E-state index in [4.69, 9.17) is 26.4 Å². The average Bonchev–Trinajstić information content (AvgIpc) is 2.29. The van der Waals surface area contributed by atoms with Crippen molar-refractivity contribution in [1.82, 2.24) is 9.97 Å². The second-order valence-corrected chi connectivity index (χ2v) is 3.78. The van der Waals surface area contributed by atoms with Gasteiger partial charge in [-0.1, -0.05) is 11.6 Å². The van der Waals surface area contributed by atoms with Gasteiger partial charge in [-0.2, -0.15) is 0 Å². The Balaban J connectivity index is 2.25. The van der Waals surface area contributed by atoms with Gasteiger partial charge in [-0.25, -0.2) is 9.97 Å². The Morgan fingerprint density at radius 3 is 2.62 bits per heavy atom. The lowest BCUT2D eigenvalue weighted by Gasteiger charge is -2.27. The molecule has 0 radical (unpaired) electrons. The van der Waals surface area contributed by atoms with Crippen LogP contribution in [0.1, 0.15) is 0 Å². The van der Waals surface area contributed by atoms with Crippen molar-refractivity contribution < 1.29 is 14.8 Å². The standard InChI is InChI=1S/C8H11BClN3O3/c10-7-5-6(9(14)15)11-8(12-7)13-1-3-16-4-2-13/h5,14-15H,1-4H2. The number of anilines is 1. The molecular formula is C8H11BClN3O3. The largest absolute Gasteiger partial charge is 0.508 e. The minimum Gasteiger partial charge on any atom is -0.422 e. The maximum absolute atomic E-state index is 9.03. The Hall–Kier alpha value is -0.885. The Bertz CT molecular complexity index is 374. The molecule has 0 aliphatic carbocycles. The van der Waals surface area contributed by atoms with Gasteiger partial charge >= 0.3 is 7.12 Å². The first-order valence-electron chi connectivity index (χ1n) is 4.90. The summed E-state index contributed by atoms with van der Waals surface area (Å²) in [5.41, 5.74) is 0.0986. The first kappa shape index (κ1) is 11.6. The van der Waals surface area contributed by atoms with E-state index in [-0.39, 0.29) is 10.7 Å². The molecule has 6 nitrogen and oxygen atoms in total. The molecule has 1 aromatic rings. The molecule has 0 saturated carbocycles. The molecule has 1 fully saturated rings. The van der Waals surface area contributed by atoms with Crippen molar-refractivity contribution in [2.45, 2.75) is 0 Å². The van der Waals surface area contributed by atoms with Gasteiger partial charge < -0.3 is 19.7 Å². The number of hydrogen-bond donors (Lipinski definition) is 2. The quantitative estimate of drug-likeness (QED) is 0.494. The Labute approximate surface area is 98.0 Å². The lowest BCUT2D eigenvalue weighted by Crippen LogP contribution is -2.40. The van der Waals surface area contributed by atoms with Crippen molar-refractivity contribution >= 4 is 30.3 Å². The molecule has 1 saturated heterocycles. The summed E-state index contributed by atoms with van der Waals surface area (Å²) in [6, 6.07) is 1.33. The summed E-state index contributed by atoms with van der Waals surface area (Å²) in [7, 11) is -1.64.